The minimum absolute atomic E-state index is 0.0318. The molecule has 27 heavy (non-hydrogen) atoms. The van der Waals surface area contributed by atoms with E-state index < -0.39 is 24.3 Å². The first-order chi connectivity index (χ1) is 12.7. The van der Waals surface area contributed by atoms with E-state index >= 15 is 0 Å². The second-order valence-electron chi connectivity index (χ2n) is 5.60. The molecular weight excluding hydrogens is 398 g/mol. The predicted molar refractivity (Wildman–Crippen MR) is 101 cm³/mol. The van der Waals surface area contributed by atoms with Crippen LogP contribution in [-0.2, 0) is 16.1 Å². The molecule has 1 amide bonds. The molecule has 144 valence electrons. The second kappa shape index (κ2) is 8.92. The van der Waals surface area contributed by atoms with Gasteiger partial charge in [0, 0.05) is 30.2 Å². The number of anilines is 1. The van der Waals surface area contributed by atoms with Gasteiger partial charge in [0.05, 0.1) is 17.8 Å². The molecule has 0 saturated carbocycles. The van der Waals surface area contributed by atoms with Crippen LogP contribution in [0.4, 0.5) is 10.1 Å². The van der Waals surface area contributed by atoms with Crippen molar-refractivity contribution in [3.05, 3.63) is 57.3 Å². The van der Waals surface area contributed by atoms with Crippen LogP contribution in [0.25, 0.3) is 0 Å². The summed E-state index contributed by atoms with van der Waals surface area (Å²) in [7, 11) is 2.80. The van der Waals surface area contributed by atoms with E-state index in [0.717, 1.165) is 0 Å². The number of halogens is 3. The van der Waals surface area contributed by atoms with Crippen molar-refractivity contribution in [2.75, 3.05) is 26.5 Å². The summed E-state index contributed by atoms with van der Waals surface area (Å²) in [5, 5.41) is 0.355. The molecule has 0 aliphatic rings. The third kappa shape index (κ3) is 5.02. The number of nitrogen functional groups attached to an aromatic ring is 1. The van der Waals surface area contributed by atoms with Gasteiger partial charge in [-0.3, -0.25) is 4.79 Å². The molecular formula is C18H17Cl2FN2O4. The van der Waals surface area contributed by atoms with Gasteiger partial charge in [-0.1, -0.05) is 29.3 Å². The van der Waals surface area contributed by atoms with E-state index in [1.807, 2.05) is 0 Å². The Kier molecular flexibility index (Phi) is 6.87. The molecule has 2 aromatic carbocycles. The summed E-state index contributed by atoms with van der Waals surface area (Å²) < 4.78 is 23.9. The van der Waals surface area contributed by atoms with Gasteiger partial charge < -0.3 is 20.1 Å². The Morgan fingerprint density at radius 3 is 2.56 bits per heavy atom. The number of rotatable bonds is 6. The van der Waals surface area contributed by atoms with E-state index in [4.69, 9.17) is 38.4 Å². The number of ether oxygens (including phenoxy) is 2. The molecule has 0 aliphatic carbocycles. The number of amides is 1. The normalized spacial score (nSPS) is 10.4. The average Bonchev–Trinajstić information content (AvgIpc) is 2.64. The second-order valence-corrected chi connectivity index (χ2v) is 6.41. The van der Waals surface area contributed by atoms with Crippen molar-refractivity contribution in [2.24, 2.45) is 0 Å². The van der Waals surface area contributed by atoms with Crippen LogP contribution in [0, 0.1) is 5.82 Å². The SMILES string of the molecule is COc1cc(N)c(Cl)cc1C(=O)OCC(=O)N(C)Cc1c(F)cccc1Cl. The van der Waals surface area contributed by atoms with Gasteiger partial charge in [-0.15, -0.1) is 0 Å². The molecule has 0 bridgehead atoms. The van der Waals surface area contributed by atoms with Crippen molar-refractivity contribution in [1.29, 1.82) is 0 Å². The molecule has 0 saturated heterocycles. The summed E-state index contributed by atoms with van der Waals surface area (Å²) in [6, 6.07) is 6.92. The lowest BCUT2D eigenvalue weighted by Gasteiger charge is -2.18. The first kappa shape index (κ1) is 20.8. The number of benzene rings is 2. The van der Waals surface area contributed by atoms with Crippen LogP contribution in [-0.4, -0.2) is 37.5 Å². The molecule has 2 N–H and O–H groups in total. The highest BCUT2D eigenvalue weighted by molar-refractivity contribution is 6.33. The van der Waals surface area contributed by atoms with Gasteiger partial charge in [0.15, 0.2) is 6.61 Å². The van der Waals surface area contributed by atoms with E-state index in [1.54, 1.807) is 0 Å². The Bertz CT molecular complexity index is 856. The quantitative estimate of drug-likeness (QED) is 0.577. The van der Waals surface area contributed by atoms with Crippen LogP contribution in [0.2, 0.25) is 10.0 Å². The van der Waals surface area contributed by atoms with E-state index in [0.29, 0.717) is 0 Å². The van der Waals surface area contributed by atoms with Crippen LogP contribution in [0.3, 0.4) is 0 Å². The molecule has 0 aliphatic heterocycles. The number of likely N-dealkylation sites (N-methyl/N-ethyl adjacent to an activating group) is 1. The summed E-state index contributed by atoms with van der Waals surface area (Å²) in [4.78, 5) is 25.6. The van der Waals surface area contributed by atoms with Crippen molar-refractivity contribution in [3.63, 3.8) is 0 Å². The minimum atomic E-state index is -0.806. The number of hydrogen-bond acceptors (Lipinski definition) is 5. The monoisotopic (exact) mass is 414 g/mol. The molecule has 0 atom stereocenters. The van der Waals surface area contributed by atoms with Crippen LogP contribution in [0.15, 0.2) is 30.3 Å². The van der Waals surface area contributed by atoms with Gasteiger partial charge in [-0.25, -0.2) is 9.18 Å². The lowest BCUT2D eigenvalue weighted by atomic mass is 10.2. The molecule has 0 spiro atoms. The standard InChI is InChI=1S/C18H17Cl2FN2O4/c1-23(8-11-12(19)4-3-5-14(11)21)17(24)9-27-18(25)10-6-13(20)15(22)7-16(10)26-2/h3-7H,8-9,22H2,1-2H3. The average molecular weight is 415 g/mol. The van der Waals surface area contributed by atoms with Gasteiger partial charge in [-0.2, -0.15) is 0 Å². The topological polar surface area (TPSA) is 81.9 Å². The molecule has 0 aromatic heterocycles. The van der Waals surface area contributed by atoms with Crippen LogP contribution in [0.1, 0.15) is 15.9 Å². The molecule has 0 radical (unpaired) electrons. The van der Waals surface area contributed by atoms with Gasteiger partial charge in [-0.05, 0) is 18.2 Å². The van der Waals surface area contributed by atoms with Gasteiger partial charge >= 0.3 is 5.97 Å². The van der Waals surface area contributed by atoms with Gasteiger partial charge in [0.1, 0.15) is 17.1 Å². The van der Waals surface area contributed by atoms with E-state index in [1.165, 1.54) is 49.4 Å². The first-order valence-electron chi connectivity index (χ1n) is 7.71. The number of nitrogens with two attached hydrogens (primary N) is 1. The third-order valence-electron chi connectivity index (χ3n) is 3.75. The largest absolute Gasteiger partial charge is 0.496 e. The maximum absolute atomic E-state index is 13.8. The zero-order valence-electron chi connectivity index (χ0n) is 14.6. The number of carbonyl (C=O) groups excluding carboxylic acids is 2. The Labute approximate surface area is 165 Å². The van der Waals surface area contributed by atoms with E-state index in [-0.39, 0.29) is 39.2 Å². The minimum Gasteiger partial charge on any atom is -0.496 e. The molecule has 9 heteroatoms. The third-order valence-corrected chi connectivity index (χ3v) is 4.43. The smallest absolute Gasteiger partial charge is 0.342 e. The Hall–Kier alpha value is -2.51. The predicted octanol–water partition coefficient (Wildman–Crippen LogP) is 3.54. The van der Waals surface area contributed by atoms with Crippen LogP contribution >= 0.6 is 23.2 Å². The van der Waals surface area contributed by atoms with Gasteiger partial charge in [0.25, 0.3) is 5.91 Å². The highest BCUT2D eigenvalue weighted by Gasteiger charge is 2.20. The number of carbonyl (C=O) groups is 2. The number of hydrogen-bond donors (Lipinski definition) is 1. The van der Waals surface area contributed by atoms with Crippen molar-refractivity contribution >= 4 is 40.8 Å². The highest BCUT2D eigenvalue weighted by Crippen LogP contribution is 2.29. The van der Waals surface area contributed by atoms with Crippen molar-refractivity contribution in [3.8, 4) is 5.75 Å². The fourth-order valence-corrected chi connectivity index (χ4v) is 2.61. The number of methoxy groups -OCH3 is 1. The maximum Gasteiger partial charge on any atom is 0.342 e. The molecule has 0 unspecified atom stereocenters. The number of nitrogens with zero attached hydrogens (tertiary/aromatic N) is 1. The summed E-state index contributed by atoms with van der Waals surface area (Å²) in [5.41, 5.74) is 6.10. The molecule has 2 aromatic rings. The fourth-order valence-electron chi connectivity index (χ4n) is 2.22. The van der Waals surface area contributed by atoms with E-state index in [9.17, 15) is 14.0 Å². The summed E-state index contributed by atoms with van der Waals surface area (Å²) in [5.74, 6) is -1.70. The Morgan fingerprint density at radius 2 is 1.93 bits per heavy atom. The molecule has 0 fully saturated rings. The zero-order valence-corrected chi connectivity index (χ0v) is 16.1. The summed E-state index contributed by atoms with van der Waals surface area (Å²) in [6.07, 6.45) is 0. The van der Waals surface area contributed by atoms with Crippen molar-refractivity contribution < 1.29 is 23.5 Å². The Balaban J connectivity index is 2.03. The molecule has 2 rings (SSSR count). The molecule has 0 heterocycles. The zero-order chi connectivity index (χ0) is 20.1. The van der Waals surface area contributed by atoms with Crippen LogP contribution in [0.5, 0.6) is 5.75 Å². The van der Waals surface area contributed by atoms with Crippen LogP contribution < -0.4 is 10.5 Å². The summed E-state index contributed by atoms with van der Waals surface area (Å²) in [6.45, 7) is -0.620. The summed E-state index contributed by atoms with van der Waals surface area (Å²) >= 11 is 11.9. The lowest BCUT2D eigenvalue weighted by molar-refractivity contribution is -0.133. The van der Waals surface area contributed by atoms with E-state index in [2.05, 4.69) is 0 Å². The number of esters is 1. The first-order valence-corrected chi connectivity index (χ1v) is 8.47. The highest BCUT2D eigenvalue weighted by atomic mass is 35.5. The molecule has 6 nitrogen and oxygen atoms in total. The Morgan fingerprint density at radius 1 is 1.22 bits per heavy atom. The van der Waals surface area contributed by atoms with Crippen molar-refractivity contribution in [1.82, 2.24) is 4.90 Å². The lowest BCUT2D eigenvalue weighted by Crippen LogP contribution is -2.31. The van der Waals surface area contributed by atoms with Crippen molar-refractivity contribution in [2.45, 2.75) is 6.54 Å². The van der Waals surface area contributed by atoms with Gasteiger partial charge in [0.2, 0.25) is 0 Å². The maximum atomic E-state index is 13.8. The fraction of sp³-hybridized carbons (Fsp3) is 0.222.